The molecule has 6 heteroatoms. The third-order valence-electron chi connectivity index (χ3n) is 3.72. The fraction of sp³-hybridized carbons (Fsp3) is 0.353. The Balaban J connectivity index is 2.19. The minimum Gasteiger partial charge on any atom is -0.481 e. The van der Waals surface area contributed by atoms with Crippen molar-refractivity contribution >= 4 is 11.9 Å². The maximum absolute atomic E-state index is 12.2. The van der Waals surface area contributed by atoms with Gasteiger partial charge in [0, 0.05) is 32.3 Å². The lowest BCUT2D eigenvalue weighted by atomic mass is 10.00. The van der Waals surface area contributed by atoms with Crippen LogP contribution in [-0.4, -0.2) is 26.5 Å². The second-order valence-corrected chi connectivity index (χ2v) is 5.50. The summed E-state index contributed by atoms with van der Waals surface area (Å²) in [5.74, 6) is -0.328. The van der Waals surface area contributed by atoms with E-state index in [1.807, 2.05) is 49.0 Å². The first-order valence-electron chi connectivity index (χ1n) is 7.53. The number of hydrogen-bond donors (Lipinski definition) is 2. The second kappa shape index (κ2) is 7.58. The number of aryl methyl sites for hydroxylation is 2. The fourth-order valence-electron chi connectivity index (χ4n) is 2.48. The van der Waals surface area contributed by atoms with Crippen LogP contribution in [0.5, 0.6) is 0 Å². The van der Waals surface area contributed by atoms with E-state index >= 15 is 0 Å². The molecule has 0 radical (unpaired) electrons. The number of rotatable bonds is 7. The normalized spacial score (nSPS) is 11.9. The van der Waals surface area contributed by atoms with Crippen molar-refractivity contribution in [2.24, 2.45) is 7.05 Å². The molecular formula is C17H21N3O3. The van der Waals surface area contributed by atoms with Crippen LogP contribution < -0.4 is 5.32 Å². The Morgan fingerprint density at radius 1 is 1.30 bits per heavy atom. The third kappa shape index (κ3) is 4.42. The van der Waals surface area contributed by atoms with E-state index < -0.39 is 5.97 Å². The molecule has 0 saturated carbocycles. The summed E-state index contributed by atoms with van der Waals surface area (Å²) in [6.45, 7) is 1.99. The van der Waals surface area contributed by atoms with Gasteiger partial charge in [-0.1, -0.05) is 24.3 Å². The van der Waals surface area contributed by atoms with Gasteiger partial charge in [0.2, 0.25) is 5.91 Å². The highest BCUT2D eigenvalue weighted by Crippen LogP contribution is 2.23. The van der Waals surface area contributed by atoms with Gasteiger partial charge in [-0.3, -0.25) is 9.59 Å². The molecule has 1 aromatic heterocycles. The number of aromatic nitrogens is 2. The molecule has 2 N–H and O–H groups in total. The largest absolute Gasteiger partial charge is 0.481 e. The highest BCUT2D eigenvalue weighted by Gasteiger charge is 2.21. The van der Waals surface area contributed by atoms with Crippen molar-refractivity contribution in [2.75, 3.05) is 0 Å². The number of nitrogens with zero attached hydrogens (tertiary/aromatic N) is 2. The summed E-state index contributed by atoms with van der Waals surface area (Å²) in [6, 6.07) is 7.47. The van der Waals surface area contributed by atoms with Gasteiger partial charge in [-0.15, -0.1) is 0 Å². The fourth-order valence-corrected chi connectivity index (χ4v) is 2.48. The highest BCUT2D eigenvalue weighted by molar-refractivity contribution is 5.77. The van der Waals surface area contributed by atoms with Crippen LogP contribution in [0.2, 0.25) is 0 Å². The zero-order chi connectivity index (χ0) is 16.8. The molecule has 0 saturated heterocycles. The lowest BCUT2D eigenvalue weighted by molar-refractivity contribution is -0.137. The summed E-state index contributed by atoms with van der Waals surface area (Å²) in [5.41, 5.74) is 2.04. The summed E-state index contributed by atoms with van der Waals surface area (Å²) in [6.07, 6.45) is 4.01. The van der Waals surface area contributed by atoms with Crippen LogP contribution >= 0.6 is 0 Å². The molecule has 1 aromatic carbocycles. The number of carbonyl (C=O) groups excluding carboxylic acids is 1. The molecule has 0 spiro atoms. The Kier molecular flexibility index (Phi) is 5.51. The molecule has 1 heterocycles. The van der Waals surface area contributed by atoms with Crippen LogP contribution in [0, 0.1) is 6.92 Å². The number of carboxylic acid groups (broad SMARTS) is 1. The van der Waals surface area contributed by atoms with Crippen molar-refractivity contribution in [1.29, 1.82) is 0 Å². The minimum absolute atomic E-state index is 0.00907. The topological polar surface area (TPSA) is 84.2 Å². The van der Waals surface area contributed by atoms with Crippen LogP contribution in [0.3, 0.4) is 0 Å². The standard InChI is InChI=1S/C17H21N3O3/c1-12-6-3-4-7-13(12)16(17-18-10-11-20(17)2)19-14(21)8-5-9-15(22)23/h3-4,6-7,10-11,16H,5,8-9H2,1-2H3,(H,19,21)(H,22,23). The van der Waals surface area contributed by atoms with E-state index in [9.17, 15) is 9.59 Å². The average Bonchev–Trinajstić information content (AvgIpc) is 2.91. The van der Waals surface area contributed by atoms with E-state index in [0.717, 1.165) is 17.0 Å². The van der Waals surface area contributed by atoms with Gasteiger partial charge in [0.25, 0.3) is 0 Å². The molecule has 1 atom stereocenters. The predicted octanol–water partition coefficient (Wildman–Crippen LogP) is 2.19. The molecule has 1 amide bonds. The highest BCUT2D eigenvalue weighted by atomic mass is 16.4. The number of nitrogens with one attached hydrogen (secondary N) is 1. The van der Waals surface area contributed by atoms with Crippen LogP contribution in [-0.2, 0) is 16.6 Å². The first-order valence-corrected chi connectivity index (χ1v) is 7.53. The summed E-state index contributed by atoms with van der Waals surface area (Å²) < 4.78 is 1.87. The first kappa shape index (κ1) is 16.7. The summed E-state index contributed by atoms with van der Waals surface area (Å²) in [4.78, 5) is 27.1. The smallest absolute Gasteiger partial charge is 0.303 e. The molecule has 122 valence electrons. The van der Waals surface area contributed by atoms with Crippen LogP contribution in [0.25, 0.3) is 0 Å². The van der Waals surface area contributed by atoms with Crippen molar-refractivity contribution in [2.45, 2.75) is 32.2 Å². The predicted molar refractivity (Wildman–Crippen MR) is 85.9 cm³/mol. The van der Waals surface area contributed by atoms with E-state index in [2.05, 4.69) is 10.3 Å². The molecule has 2 rings (SSSR count). The Bertz CT molecular complexity index is 694. The molecule has 0 aliphatic heterocycles. The zero-order valence-corrected chi connectivity index (χ0v) is 13.3. The monoisotopic (exact) mass is 315 g/mol. The lowest BCUT2D eigenvalue weighted by Gasteiger charge is -2.21. The van der Waals surface area contributed by atoms with Crippen molar-refractivity contribution < 1.29 is 14.7 Å². The number of carboxylic acids is 1. The Hall–Kier alpha value is -2.63. The van der Waals surface area contributed by atoms with Gasteiger partial charge in [0.05, 0.1) is 0 Å². The quantitative estimate of drug-likeness (QED) is 0.820. The van der Waals surface area contributed by atoms with Gasteiger partial charge in [0.15, 0.2) is 0 Å². The van der Waals surface area contributed by atoms with E-state index in [0.29, 0.717) is 6.42 Å². The van der Waals surface area contributed by atoms with Gasteiger partial charge in [-0.25, -0.2) is 4.98 Å². The first-order chi connectivity index (χ1) is 11.0. The Labute approximate surface area is 135 Å². The molecule has 1 unspecified atom stereocenters. The molecule has 2 aromatic rings. The third-order valence-corrected chi connectivity index (χ3v) is 3.72. The number of imidazole rings is 1. The molecular weight excluding hydrogens is 294 g/mol. The van der Waals surface area contributed by atoms with Crippen molar-refractivity contribution in [1.82, 2.24) is 14.9 Å². The number of benzene rings is 1. The minimum atomic E-state index is -0.891. The molecule has 0 bridgehead atoms. The second-order valence-electron chi connectivity index (χ2n) is 5.50. The van der Waals surface area contributed by atoms with E-state index in [-0.39, 0.29) is 24.8 Å². The summed E-state index contributed by atoms with van der Waals surface area (Å²) in [5, 5.41) is 11.6. The van der Waals surface area contributed by atoms with Crippen molar-refractivity contribution in [3.63, 3.8) is 0 Å². The lowest BCUT2D eigenvalue weighted by Crippen LogP contribution is -2.31. The van der Waals surface area contributed by atoms with E-state index in [1.165, 1.54) is 0 Å². The van der Waals surface area contributed by atoms with Gasteiger partial charge >= 0.3 is 5.97 Å². The van der Waals surface area contributed by atoms with Gasteiger partial charge in [-0.05, 0) is 24.5 Å². The SMILES string of the molecule is Cc1ccccc1C(NC(=O)CCCC(=O)O)c1nccn1C. The summed E-state index contributed by atoms with van der Waals surface area (Å²) in [7, 11) is 1.88. The van der Waals surface area contributed by atoms with Crippen LogP contribution in [0.4, 0.5) is 0 Å². The van der Waals surface area contributed by atoms with Crippen molar-refractivity contribution in [3.8, 4) is 0 Å². The number of amides is 1. The molecule has 6 nitrogen and oxygen atoms in total. The van der Waals surface area contributed by atoms with Crippen LogP contribution in [0.15, 0.2) is 36.7 Å². The maximum Gasteiger partial charge on any atom is 0.303 e. The Morgan fingerprint density at radius 2 is 2.04 bits per heavy atom. The van der Waals surface area contributed by atoms with Gasteiger partial charge < -0.3 is 15.0 Å². The zero-order valence-electron chi connectivity index (χ0n) is 13.3. The average molecular weight is 315 g/mol. The van der Waals surface area contributed by atoms with E-state index in [4.69, 9.17) is 5.11 Å². The Morgan fingerprint density at radius 3 is 2.65 bits per heavy atom. The molecule has 23 heavy (non-hydrogen) atoms. The number of hydrogen-bond acceptors (Lipinski definition) is 3. The molecule has 0 fully saturated rings. The maximum atomic E-state index is 12.2. The van der Waals surface area contributed by atoms with Gasteiger partial charge in [0.1, 0.15) is 11.9 Å². The molecule has 0 aliphatic rings. The summed E-state index contributed by atoms with van der Waals surface area (Å²) >= 11 is 0. The van der Waals surface area contributed by atoms with E-state index in [1.54, 1.807) is 6.20 Å². The van der Waals surface area contributed by atoms with Crippen molar-refractivity contribution in [3.05, 3.63) is 53.6 Å². The van der Waals surface area contributed by atoms with Crippen LogP contribution in [0.1, 0.15) is 42.3 Å². The number of carbonyl (C=O) groups is 2. The van der Waals surface area contributed by atoms with Gasteiger partial charge in [-0.2, -0.15) is 0 Å². The molecule has 0 aliphatic carbocycles. The number of aliphatic carboxylic acids is 1.